The van der Waals surface area contributed by atoms with E-state index in [9.17, 15) is 4.79 Å². The van der Waals surface area contributed by atoms with Crippen LogP contribution in [0.15, 0.2) is 28.2 Å². The van der Waals surface area contributed by atoms with Crippen LogP contribution >= 0.6 is 11.3 Å². The third-order valence-electron chi connectivity index (χ3n) is 1.64. The highest BCUT2D eigenvalue weighted by molar-refractivity contribution is 7.13. The van der Waals surface area contributed by atoms with Crippen LogP contribution in [0.2, 0.25) is 0 Å². The van der Waals surface area contributed by atoms with Crippen molar-refractivity contribution in [2.75, 3.05) is 0 Å². The van der Waals surface area contributed by atoms with Crippen LogP contribution in [0.25, 0.3) is 10.8 Å². The third kappa shape index (κ3) is 1.82. The predicted octanol–water partition coefficient (Wildman–Crippen LogP) is 1.43. The summed E-state index contributed by atoms with van der Waals surface area (Å²) in [7, 11) is 0. The Labute approximate surface area is 84.4 Å². The lowest BCUT2D eigenvalue weighted by molar-refractivity contribution is -0.117. The topological polar surface area (TPSA) is 69.1 Å². The van der Waals surface area contributed by atoms with E-state index in [4.69, 9.17) is 10.2 Å². The summed E-state index contributed by atoms with van der Waals surface area (Å²) < 4.78 is 5.17. The summed E-state index contributed by atoms with van der Waals surface area (Å²) >= 11 is 1.44. The first kappa shape index (κ1) is 8.96. The second kappa shape index (κ2) is 3.63. The van der Waals surface area contributed by atoms with Crippen molar-refractivity contribution in [2.45, 2.75) is 6.42 Å². The molecular formula is C9H8N2O2S. The van der Waals surface area contributed by atoms with Crippen molar-refractivity contribution in [2.24, 2.45) is 5.73 Å². The van der Waals surface area contributed by atoms with Crippen LogP contribution in [0, 0.1) is 0 Å². The van der Waals surface area contributed by atoms with Crippen LogP contribution < -0.4 is 5.73 Å². The summed E-state index contributed by atoms with van der Waals surface area (Å²) in [4.78, 5) is 14.8. The number of nitrogens with zero attached hydrogens (tertiary/aromatic N) is 1. The lowest BCUT2D eigenvalue weighted by Crippen LogP contribution is -2.13. The number of thiazole rings is 1. The van der Waals surface area contributed by atoms with Crippen LogP contribution in [-0.2, 0) is 11.2 Å². The van der Waals surface area contributed by atoms with E-state index >= 15 is 0 Å². The molecule has 0 fully saturated rings. The molecule has 2 N–H and O–H groups in total. The van der Waals surface area contributed by atoms with Crippen LogP contribution in [-0.4, -0.2) is 10.9 Å². The van der Waals surface area contributed by atoms with Crippen molar-refractivity contribution >= 4 is 17.2 Å². The van der Waals surface area contributed by atoms with Gasteiger partial charge in [0.25, 0.3) is 0 Å². The van der Waals surface area contributed by atoms with E-state index in [0.717, 1.165) is 5.01 Å². The SMILES string of the molecule is NC(=O)Cc1csc(-c2ccco2)n1. The first-order valence-corrected chi connectivity index (χ1v) is 4.90. The molecule has 0 aliphatic carbocycles. The molecule has 0 spiro atoms. The Kier molecular flexibility index (Phi) is 2.32. The number of furan rings is 1. The minimum atomic E-state index is -0.374. The summed E-state index contributed by atoms with van der Waals surface area (Å²) in [5.74, 6) is 0.340. The van der Waals surface area contributed by atoms with Crippen molar-refractivity contribution in [1.82, 2.24) is 4.98 Å². The Morgan fingerprint density at radius 2 is 2.50 bits per heavy atom. The molecule has 0 atom stereocenters. The minimum Gasteiger partial charge on any atom is -0.462 e. The van der Waals surface area contributed by atoms with E-state index in [1.54, 1.807) is 12.3 Å². The number of rotatable bonds is 3. The Morgan fingerprint density at radius 3 is 3.14 bits per heavy atom. The zero-order valence-corrected chi connectivity index (χ0v) is 8.08. The van der Waals surface area contributed by atoms with Crippen LogP contribution in [0.4, 0.5) is 0 Å². The lowest BCUT2D eigenvalue weighted by Gasteiger charge is -1.88. The molecule has 0 unspecified atom stereocenters. The summed E-state index contributed by atoms with van der Waals surface area (Å²) in [6.45, 7) is 0. The van der Waals surface area contributed by atoms with Gasteiger partial charge in [0.2, 0.25) is 5.91 Å². The number of hydrogen-bond donors (Lipinski definition) is 1. The molecule has 0 aliphatic rings. The normalized spacial score (nSPS) is 10.3. The predicted molar refractivity (Wildman–Crippen MR) is 52.7 cm³/mol. The molecule has 72 valence electrons. The van der Waals surface area contributed by atoms with Gasteiger partial charge in [-0.05, 0) is 12.1 Å². The van der Waals surface area contributed by atoms with Gasteiger partial charge in [-0.3, -0.25) is 4.79 Å². The van der Waals surface area contributed by atoms with Gasteiger partial charge in [0.05, 0.1) is 18.4 Å². The number of carbonyl (C=O) groups excluding carboxylic acids is 1. The van der Waals surface area contributed by atoms with Crippen LogP contribution in [0.5, 0.6) is 0 Å². The van der Waals surface area contributed by atoms with Crippen LogP contribution in [0.3, 0.4) is 0 Å². The number of carbonyl (C=O) groups is 1. The molecular weight excluding hydrogens is 200 g/mol. The van der Waals surface area contributed by atoms with Crippen molar-refractivity contribution in [3.63, 3.8) is 0 Å². The van der Waals surface area contributed by atoms with Crippen molar-refractivity contribution < 1.29 is 9.21 Å². The highest BCUT2D eigenvalue weighted by Crippen LogP contribution is 2.23. The smallest absolute Gasteiger partial charge is 0.223 e. The molecule has 4 nitrogen and oxygen atoms in total. The number of aromatic nitrogens is 1. The van der Waals surface area contributed by atoms with Gasteiger partial charge in [-0.25, -0.2) is 4.98 Å². The highest BCUT2D eigenvalue weighted by atomic mass is 32.1. The van der Waals surface area contributed by atoms with Gasteiger partial charge in [0.1, 0.15) is 0 Å². The second-order valence-electron chi connectivity index (χ2n) is 2.76. The molecule has 0 saturated carbocycles. The maximum absolute atomic E-state index is 10.6. The average molecular weight is 208 g/mol. The molecule has 0 radical (unpaired) electrons. The molecule has 0 bridgehead atoms. The quantitative estimate of drug-likeness (QED) is 0.829. The summed E-state index contributed by atoms with van der Waals surface area (Å²) in [6.07, 6.45) is 1.77. The van der Waals surface area contributed by atoms with E-state index in [1.807, 2.05) is 11.4 Å². The van der Waals surface area contributed by atoms with Crippen molar-refractivity contribution in [3.8, 4) is 10.8 Å². The Morgan fingerprint density at radius 1 is 1.64 bits per heavy atom. The molecule has 2 rings (SSSR count). The Hall–Kier alpha value is -1.62. The molecule has 5 heteroatoms. The fraction of sp³-hybridized carbons (Fsp3) is 0.111. The monoisotopic (exact) mass is 208 g/mol. The van der Waals surface area contributed by atoms with Gasteiger partial charge in [-0.2, -0.15) is 0 Å². The lowest BCUT2D eigenvalue weighted by atomic mass is 10.3. The standard InChI is InChI=1S/C9H8N2O2S/c10-8(12)4-6-5-14-9(11-6)7-2-1-3-13-7/h1-3,5H,4H2,(H2,10,12). The largest absolute Gasteiger partial charge is 0.462 e. The molecule has 1 amide bonds. The van der Waals surface area contributed by atoms with E-state index in [1.165, 1.54) is 11.3 Å². The van der Waals surface area contributed by atoms with Crippen LogP contribution in [0.1, 0.15) is 5.69 Å². The van der Waals surface area contributed by atoms with Crippen molar-refractivity contribution in [1.29, 1.82) is 0 Å². The second-order valence-corrected chi connectivity index (χ2v) is 3.62. The molecule has 2 heterocycles. The molecule has 2 aromatic rings. The number of hydrogen-bond acceptors (Lipinski definition) is 4. The number of amides is 1. The Balaban J connectivity index is 2.22. The molecule has 14 heavy (non-hydrogen) atoms. The fourth-order valence-corrected chi connectivity index (χ4v) is 1.87. The first-order chi connectivity index (χ1) is 6.75. The number of nitrogens with two attached hydrogens (primary N) is 1. The van der Waals surface area contributed by atoms with E-state index in [2.05, 4.69) is 4.98 Å². The van der Waals surface area contributed by atoms with Gasteiger partial charge in [-0.15, -0.1) is 11.3 Å². The summed E-state index contributed by atoms with van der Waals surface area (Å²) in [6, 6.07) is 3.62. The minimum absolute atomic E-state index is 0.178. The van der Waals surface area contributed by atoms with E-state index in [0.29, 0.717) is 11.5 Å². The van der Waals surface area contributed by atoms with E-state index < -0.39 is 0 Å². The highest BCUT2D eigenvalue weighted by Gasteiger charge is 2.08. The third-order valence-corrected chi connectivity index (χ3v) is 2.54. The van der Waals surface area contributed by atoms with Gasteiger partial charge in [-0.1, -0.05) is 0 Å². The van der Waals surface area contributed by atoms with Gasteiger partial charge < -0.3 is 10.2 Å². The Bertz CT molecular complexity index is 433. The summed E-state index contributed by atoms with van der Waals surface area (Å²) in [5.41, 5.74) is 5.74. The maximum Gasteiger partial charge on any atom is 0.223 e. The summed E-state index contributed by atoms with van der Waals surface area (Å²) in [5, 5.41) is 2.58. The molecule has 0 aliphatic heterocycles. The first-order valence-electron chi connectivity index (χ1n) is 4.02. The van der Waals surface area contributed by atoms with E-state index in [-0.39, 0.29) is 12.3 Å². The van der Waals surface area contributed by atoms with Crippen molar-refractivity contribution in [3.05, 3.63) is 29.5 Å². The zero-order chi connectivity index (χ0) is 9.97. The van der Waals surface area contributed by atoms with Gasteiger partial charge in [0.15, 0.2) is 10.8 Å². The van der Waals surface area contributed by atoms with Gasteiger partial charge in [0, 0.05) is 5.38 Å². The maximum atomic E-state index is 10.6. The number of primary amides is 1. The van der Waals surface area contributed by atoms with Gasteiger partial charge >= 0.3 is 0 Å². The molecule has 0 saturated heterocycles. The molecule has 2 aromatic heterocycles. The zero-order valence-electron chi connectivity index (χ0n) is 7.27. The average Bonchev–Trinajstić information content (AvgIpc) is 2.69. The molecule has 0 aromatic carbocycles. The fourth-order valence-electron chi connectivity index (χ4n) is 1.08.